The molecule has 0 unspecified atom stereocenters. The number of carbonyl (C=O) groups is 3. The highest BCUT2D eigenvalue weighted by atomic mass is 16.4. The third-order valence-corrected chi connectivity index (χ3v) is 2.10. The molecule has 4 N–H and O–H groups in total. The van der Waals surface area contributed by atoms with Crippen molar-refractivity contribution in [1.82, 2.24) is 10.2 Å². The summed E-state index contributed by atoms with van der Waals surface area (Å²) in [6, 6.07) is 0. The minimum absolute atomic E-state index is 0.115. The predicted molar refractivity (Wildman–Crippen MR) is 61.5 cm³/mol. The number of carboxylic acids is 3. The van der Waals surface area contributed by atoms with Crippen LogP contribution in [-0.2, 0) is 14.4 Å². The van der Waals surface area contributed by atoms with E-state index >= 15 is 0 Å². The van der Waals surface area contributed by atoms with Crippen LogP contribution in [0.4, 0.5) is 0 Å². The molecular weight excluding hydrogens is 244 g/mol. The van der Waals surface area contributed by atoms with Gasteiger partial charge in [0.1, 0.15) is 0 Å². The van der Waals surface area contributed by atoms with E-state index in [0.717, 1.165) is 0 Å². The molecule has 0 aliphatic heterocycles. The Kier molecular flexibility index (Phi) is 8.50. The first-order valence-electron chi connectivity index (χ1n) is 5.50. The van der Waals surface area contributed by atoms with Crippen LogP contribution in [0.1, 0.15) is 12.8 Å². The van der Waals surface area contributed by atoms with E-state index in [-0.39, 0.29) is 26.1 Å². The van der Waals surface area contributed by atoms with Crippen LogP contribution in [0.5, 0.6) is 0 Å². The molecule has 0 aliphatic rings. The second kappa shape index (κ2) is 9.37. The highest BCUT2D eigenvalue weighted by Gasteiger charge is 2.10. The van der Waals surface area contributed by atoms with E-state index in [1.54, 1.807) is 0 Å². The van der Waals surface area contributed by atoms with Crippen molar-refractivity contribution < 1.29 is 29.7 Å². The smallest absolute Gasteiger partial charge is 0.317 e. The Hall–Kier alpha value is -1.67. The SMILES string of the molecule is O=C(O)CCN(CCCNCC(=O)O)CC(=O)O. The molecule has 0 aliphatic carbocycles. The topological polar surface area (TPSA) is 127 Å². The first kappa shape index (κ1) is 16.3. The highest BCUT2D eigenvalue weighted by Crippen LogP contribution is 1.94. The van der Waals surface area contributed by atoms with Crippen LogP contribution in [0.3, 0.4) is 0 Å². The number of hydrogen-bond donors (Lipinski definition) is 4. The number of carboxylic acid groups (broad SMARTS) is 3. The third-order valence-electron chi connectivity index (χ3n) is 2.10. The van der Waals surface area contributed by atoms with E-state index in [9.17, 15) is 14.4 Å². The van der Waals surface area contributed by atoms with Gasteiger partial charge in [0.15, 0.2) is 0 Å². The molecule has 0 aromatic heterocycles. The molecule has 0 bridgehead atoms. The highest BCUT2D eigenvalue weighted by molar-refractivity contribution is 5.70. The largest absolute Gasteiger partial charge is 0.481 e. The molecule has 8 heteroatoms. The lowest BCUT2D eigenvalue weighted by atomic mass is 10.3. The minimum atomic E-state index is -1.01. The molecule has 0 saturated heterocycles. The summed E-state index contributed by atoms with van der Waals surface area (Å²) in [5.41, 5.74) is 0. The van der Waals surface area contributed by atoms with Crippen LogP contribution in [0.25, 0.3) is 0 Å². The van der Waals surface area contributed by atoms with Gasteiger partial charge in [0, 0.05) is 6.54 Å². The molecule has 0 rings (SSSR count). The van der Waals surface area contributed by atoms with Gasteiger partial charge < -0.3 is 20.6 Å². The summed E-state index contributed by atoms with van der Waals surface area (Å²) in [5.74, 6) is -2.95. The average Bonchev–Trinajstić information content (AvgIpc) is 2.23. The van der Waals surface area contributed by atoms with E-state index in [1.165, 1.54) is 4.90 Å². The van der Waals surface area contributed by atoms with E-state index in [2.05, 4.69) is 5.32 Å². The van der Waals surface area contributed by atoms with Gasteiger partial charge in [-0.15, -0.1) is 0 Å². The number of rotatable bonds is 11. The van der Waals surface area contributed by atoms with Crippen molar-refractivity contribution in [2.75, 3.05) is 32.7 Å². The molecule has 0 fully saturated rings. The van der Waals surface area contributed by atoms with Gasteiger partial charge >= 0.3 is 17.9 Å². The fraction of sp³-hybridized carbons (Fsp3) is 0.700. The first-order chi connectivity index (χ1) is 8.41. The van der Waals surface area contributed by atoms with Crippen molar-refractivity contribution >= 4 is 17.9 Å². The molecule has 0 heterocycles. The maximum atomic E-state index is 10.6. The maximum absolute atomic E-state index is 10.6. The number of aliphatic carboxylic acids is 3. The monoisotopic (exact) mass is 262 g/mol. The molecule has 104 valence electrons. The quantitative estimate of drug-likeness (QED) is 0.346. The molecule has 0 spiro atoms. The molecule has 0 atom stereocenters. The Bertz CT molecular complexity index is 294. The lowest BCUT2D eigenvalue weighted by molar-refractivity contribution is -0.141. The Labute approximate surface area is 104 Å². The summed E-state index contributed by atoms with van der Waals surface area (Å²) in [5, 5.41) is 28.2. The zero-order valence-corrected chi connectivity index (χ0v) is 9.96. The Morgan fingerprint density at radius 2 is 1.61 bits per heavy atom. The van der Waals surface area contributed by atoms with E-state index in [1.807, 2.05) is 0 Å². The van der Waals surface area contributed by atoms with Crippen molar-refractivity contribution in [3.63, 3.8) is 0 Å². The predicted octanol–water partition coefficient (Wildman–Crippen LogP) is -1.09. The van der Waals surface area contributed by atoms with Gasteiger partial charge in [-0.2, -0.15) is 0 Å². The van der Waals surface area contributed by atoms with E-state index in [0.29, 0.717) is 19.5 Å². The van der Waals surface area contributed by atoms with Gasteiger partial charge in [0.05, 0.1) is 19.5 Å². The summed E-state index contributed by atoms with van der Waals surface area (Å²) < 4.78 is 0. The van der Waals surface area contributed by atoms with Gasteiger partial charge in [0.2, 0.25) is 0 Å². The van der Waals surface area contributed by atoms with Crippen LogP contribution < -0.4 is 5.32 Å². The van der Waals surface area contributed by atoms with Crippen LogP contribution in [0.15, 0.2) is 0 Å². The van der Waals surface area contributed by atoms with Crippen LogP contribution >= 0.6 is 0 Å². The third kappa shape index (κ3) is 10.8. The molecular formula is C10H18N2O6. The van der Waals surface area contributed by atoms with Crippen molar-refractivity contribution in [2.45, 2.75) is 12.8 Å². The first-order valence-corrected chi connectivity index (χ1v) is 5.50. The standard InChI is InChI=1S/C10H18N2O6/c13-8(14)2-5-12(7-10(17)18)4-1-3-11-6-9(15)16/h11H,1-7H2,(H,13,14)(H,15,16)(H,17,18). The Balaban J connectivity index is 3.81. The molecule has 0 radical (unpaired) electrons. The zero-order valence-electron chi connectivity index (χ0n) is 9.96. The molecule has 0 amide bonds. The fourth-order valence-electron chi connectivity index (χ4n) is 1.34. The van der Waals surface area contributed by atoms with Crippen molar-refractivity contribution in [1.29, 1.82) is 0 Å². The summed E-state index contributed by atoms with van der Waals surface area (Å²) in [6.07, 6.45) is 0.440. The van der Waals surface area contributed by atoms with Gasteiger partial charge in [0.25, 0.3) is 0 Å². The summed E-state index contributed by atoms with van der Waals surface area (Å²) in [7, 11) is 0. The molecule has 0 aromatic rings. The normalized spacial score (nSPS) is 10.5. The van der Waals surface area contributed by atoms with E-state index in [4.69, 9.17) is 15.3 Å². The van der Waals surface area contributed by atoms with Crippen molar-refractivity contribution in [2.24, 2.45) is 0 Å². The fourth-order valence-corrected chi connectivity index (χ4v) is 1.34. The summed E-state index contributed by atoms with van der Waals surface area (Å²) >= 11 is 0. The van der Waals surface area contributed by atoms with Crippen LogP contribution in [0, 0.1) is 0 Å². The molecule has 0 aromatic carbocycles. The molecule has 18 heavy (non-hydrogen) atoms. The second-order valence-electron chi connectivity index (χ2n) is 3.74. The lowest BCUT2D eigenvalue weighted by Gasteiger charge is -2.19. The van der Waals surface area contributed by atoms with E-state index < -0.39 is 17.9 Å². The van der Waals surface area contributed by atoms with Gasteiger partial charge in [-0.05, 0) is 19.5 Å². The Morgan fingerprint density at radius 3 is 2.11 bits per heavy atom. The van der Waals surface area contributed by atoms with Crippen LogP contribution in [0.2, 0.25) is 0 Å². The molecule has 0 saturated carbocycles. The Morgan fingerprint density at radius 1 is 0.944 bits per heavy atom. The second-order valence-corrected chi connectivity index (χ2v) is 3.74. The summed E-state index contributed by atoms with van der Waals surface area (Å²) in [4.78, 5) is 32.7. The number of hydrogen-bond acceptors (Lipinski definition) is 5. The zero-order chi connectivity index (χ0) is 14.0. The minimum Gasteiger partial charge on any atom is -0.481 e. The maximum Gasteiger partial charge on any atom is 0.317 e. The van der Waals surface area contributed by atoms with Gasteiger partial charge in [-0.1, -0.05) is 0 Å². The van der Waals surface area contributed by atoms with Crippen molar-refractivity contribution in [3.8, 4) is 0 Å². The summed E-state index contributed by atoms with van der Waals surface area (Å²) in [6.45, 7) is 0.655. The van der Waals surface area contributed by atoms with Gasteiger partial charge in [-0.3, -0.25) is 19.3 Å². The average molecular weight is 262 g/mol. The number of nitrogens with one attached hydrogen (secondary N) is 1. The van der Waals surface area contributed by atoms with Crippen LogP contribution in [-0.4, -0.2) is 70.9 Å². The van der Waals surface area contributed by atoms with Gasteiger partial charge in [-0.25, -0.2) is 0 Å². The number of nitrogens with zero attached hydrogens (tertiary/aromatic N) is 1. The lowest BCUT2D eigenvalue weighted by Crippen LogP contribution is -2.34. The molecule has 8 nitrogen and oxygen atoms in total. The van der Waals surface area contributed by atoms with Crippen molar-refractivity contribution in [3.05, 3.63) is 0 Å².